The summed E-state index contributed by atoms with van der Waals surface area (Å²) in [5.41, 5.74) is 6.76. The van der Waals surface area contributed by atoms with Crippen LogP contribution in [0.1, 0.15) is 24.8 Å². The van der Waals surface area contributed by atoms with Crippen LogP contribution in [-0.2, 0) is 30.8 Å². The van der Waals surface area contributed by atoms with Crippen molar-refractivity contribution >= 4 is 50.2 Å². The number of amides is 2. The van der Waals surface area contributed by atoms with Gasteiger partial charge in [0, 0.05) is 12.2 Å². The minimum Gasteiger partial charge on any atom is -0.497 e. The summed E-state index contributed by atoms with van der Waals surface area (Å²) in [6.07, 6.45) is -4.68. The molecule has 5 rings (SSSR count). The van der Waals surface area contributed by atoms with Crippen LogP contribution in [0.3, 0.4) is 0 Å². The van der Waals surface area contributed by atoms with Gasteiger partial charge in [-0.25, -0.2) is 13.2 Å². The predicted octanol–water partition coefficient (Wildman–Crippen LogP) is 1.90. The largest absolute Gasteiger partial charge is 0.497 e. The first kappa shape index (κ1) is 36.9. The number of hydrogen-bond acceptors (Lipinski definition) is 8. The van der Waals surface area contributed by atoms with Gasteiger partial charge in [0.15, 0.2) is 5.96 Å². The Balaban J connectivity index is 0.000000698. The Bertz CT molecular complexity index is 1840. The highest BCUT2D eigenvalue weighted by Gasteiger charge is 2.38. The number of halogens is 3. The molecule has 18 heteroatoms. The molecule has 2 heterocycles. The van der Waals surface area contributed by atoms with Gasteiger partial charge in [0.05, 0.1) is 18.0 Å². The second-order valence-electron chi connectivity index (χ2n) is 11.3. The smallest absolute Gasteiger partial charge is 0.490 e. The number of rotatable bonds is 7. The van der Waals surface area contributed by atoms with E-state index in [9.17, 15) is 36.3 Å². The number of nitrogens with two attached hydrogens (primary N) is 1. The van der Waals surface area contributed by atoms with Crippen LogP contribution in [0.15, 0.2) is 65.6 Å². The van der Waals surface area contributed by atoms with Crippen molar-refractivity contribution in [3.05, 3.63) is 66.2 Å². The fraction of sp³-hybridized carbons (Fsp3) is 0.355. The number of carbonyl (C=O) groups excluding carboxylic acids is 2. The van der Waals surface area contributed by atoms with Crippen LogP contribution in [0.2, 0.25) is 0 Å². The molecule has 0 aromatic heterocycles. The monoisotopic (exact) mass is 708 g/mol. The zero-order chi connectivity index (χ0) is 36.1. The van der Waals surface area contributed by atoms with E-state index in [1.807, 2.05) is 24.3 Å². The predicted molar refractivity (Wildman–Crippen MR) is 171 cm³/mol. The van der Waals surface area contributed by atoms with Gasteiger partial charge in [-0.2, -0.15) is 17.9 Å². The van der Waals surface area contributed by atoms with E-state index in [1.165, 1.54) is 23.0 Å². The van der Waals surface area contributed by atoms with Gasteiger partial charge in [0.2, 0.25) is 21.8 Å². The highest BCUT2D eigenvalue weighted by molar-refractivity contribution is 7.89. The standard InChI is InChI=1S/C29H34N6O6S.C2HF3O2/c1-41-21-10-13-25-20(15-21)9-12-24(33-42(39,40)22-11-8-18-5-2-3-6-19(18)16-22)28(38)35(25)17-26(36)32-23-7-4-14-34(27(23)37)29(30)31;3-2(4,5)1(6)7/h2-3,5-6,8,10-11,13,15-16,23-24,27,33,37H,4,7,9,12,14,17H2,1H3,(H3,30,31)(H,32,36);(H,6,7)/t23-,24-,27?;/m0./s1. The highest BCUT2D eigenvalue weighted by atomic mass is 32.2. The van der Waals surface area contributed by atoms with Gasteiger partial charge in [-0.3, -0.25) is 15.0 Å². The van der Waals surface area contributed by atoms with Crippen molar-refractivity contribution < 1.29 is 50.9 Å². The number of carbonyl (C=O) groups is 3. The Labute approximate surface area is 279 Å². The number of fused-ring (bicyclic) bond motifs is 2. The molecule has 0 aliphatic carbocycles. The molecule has 0 bridgehead atoms. The van der Waals surface area contributed by atoms with Gasteiger partial charge in [-0.15, -0.1) is 0 Å². The van der Waals surface area contributed by atoms with Crippen molar-refractivity contribution in [2.45, 2.75) is 55.1 Å². The number of guanidine groups is 1. The van der Waals surface area contributed by atoms with E-state index in [2.05, 4.69) is 10.0 Å². The molecule has 1 saturated heterocycles. The number of hydrogen-bond donors (Lipinski definition) is 6. The maximum absolute atomic E-state index is 13.9. The van der Waals surface area contributed by atoms with Crippen LogP contribution in [0.4, 0.5) is 18.9 Å². The maximum atomic E-state index is 13.9. The number of aryl methyl sites for hydroxylation is 1. The topological polar surface area (TPSA) is 215 Å². The lowest BCUT2D eigenvalue weighted by Crippen LogP contribution is -2.59. The molecule has 3 aromatic carbocycles. The lowest BCUT2D eigenvalue weighted by molar-refractivity contribution is -0.192. The summed E-state index contributed by atoms with van der Waals surface area (Å²) >= 11 is 0. The number of anilines is 1. The molecule has 2 aliphatic rings. The van der Waals surface area contributed by atoms with E-state index in [-0.39, 0.29) is 17.3 Å². The number of carboxylic acid groups (broad SMARTS) is 1. The molecule has 264 valence electrons. The lowest BCUT2D eigenvalue weighted by Gasteiger charge is -2.38. The number of piperidine rings is 1. The van der Waals surface area contributed by atoms with Crippen molar-refractivity contribution in [2.24, 2.45) is 5.73 Å². The molecule has 14 nitrogen and oxygen atoms in total. The Morgan fingerprint density at radius 3 is 2.39 bits per heavy atom. The minimum absolute atomic E-state index is 0.0306. The van der Waals surface area contributed by atoms with Crippen LogP contribution < -0.4 is 25.4 Å². The number of ether oxygens (including phenoxy) is 1. The van der Waals surface area contributed by atoms with Gasteiger partial charge in [0.1, 0.15) is 24.6 Å². The van der Waals surface area contributed by atoms with Crippen molar-refractivity contribution in [2.75, 3.05) is 25.1 Å². The number of methoxy groups -OCH3 is 1. The summed E-state index contributed by atoms with van der Waals surface area (Å²) in [6.45, 7) is -0.0165. The molecule has 0 saturated carbocycles. The second-order valence-corrected chi connectivity index (χ2v) is 13.0. The average Bonchev–Trinajstić information content (AvgIpc) is 3.17. The normalized spacial score (nSPS) is 19.6. The number of aliphatic carboxylic acids is 1. The fourth-order valence-corrected chi connectivity index (χ4v) is 6.79. The van der Waals surface area contributed by atoms with Crippen molar-refractivity contribution in [1.82, 2.24) is 14.9 Å². The van der Waals surface area contributed by atoms with E-state index < -0.39 is 58.8 Å². The Hall–Kier alpha value is -4.94. The van der Waals surface area contributed by atoms with E-state index >= 15 is 0 Å². The minimum atomic E-state index is -5.08. The molecular weight excluding hydrogens is 673 g/mol. The van der Waals surface area contributed by atoms with E-state index in [1.54, 1.807) is 30.3 Å². The maximum Gasteiger partial charge on any atom is 0.490 e. The summed E-state index contributed by atoms with van der Waals surface area (Å²) in [5.74, 6) is -3.61. The van der Waals surface area contributed by atoms with Crippen LogP contribution in [-0.4, -0.2) is 92.0 Å². The number of aliphatic hydroxyl groups excluding tert-OH is 1. The molecule has 0 spiro atoms. The molecule has 3 aromatic rings. The number of nitrogens with zero attached hydrogens (tertiary/aromatic N) is 2. The zero-order valence-corrected chi connectivity index (χ0v) is 26.9. The quantitative estimate of drug-likeness (QED) is 0.155. The Kier molecular flexibility index (Phi) is 11.4. The summed E-state index contributed by atoms with van der Waals surface area (Å²) in [5, 5.41) is 29.8. The molecule has 0 radical (unpaired) electrons. The van der Waals surface area contributed by atoms with Crippen LogP contribution >= 0.6 is 0 Å². The molecule has 7 N–H and O–H groups in total. The first-order valence-corrected chi connectivity index (χ1v) is 16.4. The first-order chi connectivity index (χ1) is 23.0. The van der Waals surface area contributed by atoms with E-state index in [4.69, 9.17) is 25.8 Å². The van der Waals surface area contributed by atoms with Gasteiger partial charge in [0.25, 0.3) is 0 Å². The first-order valence-electron chi connectivity index (χ1n) is 14.9. The van der Waals surface area contributed by atoms with E-state index in [0.29, 0.717) is 37.2 Å². The van der Waals surface area contributed by atoms with Crippen molar-refractivity contribution in [3.63, 3.8) is 0 Å². The van der Waals surface area contributed by atoms with Crippen molar-refractivity contribution in [1.29, 1.82) is 5.41 Å². The summed E-state index contributed by atoms with van der Waals surface area (Å²) in [6, 6.07) is 15.4. The molecule has 1 unspecified atom stereocenters. The number of nitrogens with one attached hydrogen (secondary N) is 3. The molecule has 2 aliphatic heterocycles. The number of alkyl halides is 3. The van der Waals surface area contributed by atoms with Crippen LogP contribution in [0.5, 0.6) is 5.75 Å². The molecule has 49 heavy (non-hydrogen) atoms. The molecule has 2 amide bonds. The zero-order valence-electron chi connectivity index (χ0n) is 26.1. The number of likely N-dealkylation sites (tertiary alicyclic amines) is 1. The number of aliphatic hydroxyl groups is 1. The molecular formula is C31H35F3N6O8S. The third kappa shape index (κ3) is 8.95. The molecule has 3 atom stereocenters. The highest BCUT2D eigenvalue weighted by Crippen LogP contribution is 2.31. The van der Waals surface area contributed by atoms with Gasteiger partial charge in [-0.05, 0) is 72.4 Å². The van der Waals surface area contributed by atoms with Gasteiger partial charge >= 0.3 is 12.1 Å². The number of sulfonamides is 1. The lowest BCUT2D eigenvalue weighted by atomic mass is 10.0. The van der Waals surface area contributed by atoms with Gasteiger partial charge < -0.3 is 35.8 Å². The third-order valence-corrected chi connectivity index (χ3v) is 9.44. The van der Waals surface area contributed by atoms with Gasteiger partial charge in [-0.1, -0.05) is 30.3 Å². The van der Waals surface area contributed by atoms with Crippen LogP contribution in [0, 0.1) is 5.41 Å². The second kappa shape index (κ2) is 15.1. The average molecular weight is 709 g/mol. The summed E-state index contributed by atoms with van der Waals surface area (Å²) in [7, 11) is -2.57. The molecule has 1 fully saturated rings. The van der Waals surface area contributed by atoms with Crippen LogP contribution in [0.25, 0.3) is 10.8 Å². The fourth-order valence-electron chi connectivity index (χ4n) is 5.53. The number of benzene rings is 3. The summed E-state index contributed by atoms with van der Waals surface area (Å²) in [4.78, 5) is 38.6. The number of carboxylic acids is 1. The third-order valence-electron chi connectivity index (χ3n) is 7.97. The Morgan fingerprint density at radius 1 is 1.08 bits per heavy atom. The summed E-state index contributed by atoms with van der Waals surface area (Å²) < 4.78 is 66.6. The SMILES string of the molecule is COc1ccc2c(c1)CC[C@H](NS(=O)(=O)c1ccc3ccccc3c1)C(=O)N2CC(=O)N[C@H]1CCCN(C(=N)N)C1O.O=C(O)C(F)(F)F. The Morgan fingerprint density at radius 2 is 1.76 bits per heavy atom. The van der Waals surface area contributed by atoms with Crippen molar-refractivity contribution in [3.8, 4) is 5.75 Å². The van der Waals surface area contributed by atoms with E-state index in [0.717, 1.165) is 16.3 Å².